The van der Waals surface area contributed by atoms with Crippen molar-refractivity contribution < 1.29 is 23.9 Å². The van der Waals surface area contributed by atoms with Crippen molar-refractivity contribution in [1.29, 1.82) is 0 Å². The van der Waals surface area contributed by atoms with Crippen LogP contribution in [-0.2, 0) is 14.4 Å². The number of methoxy groups -OCH3 is 2. The molecule has 0 N–H and O–H groups in total. The molecule has 1 saturated heterocycles. The predicted molar refractivity (Wildman–Crippen MR) is 98.1 cm³/mol. The molecule has 2 heterocycles. The van der Waals surface area contributed by atoms with E-state index in [4.69, 9.17) is 14.3 Å². The van der Waals surface area contributed by atoms with Crippen molar-refractivity contribution >= 4 is 23.2 Å². The Labute approximate surface area is 156 Å². The van der Waals surface area contributed by atoms with E-state index < -0.39 is 11.5 Å². The molecule has 0 aromatic heterocycles. The number of rotatable bonds is 4. The lowest BCUT2D eigenvalue weighted by Crippen LogP contribution is -2.40. The molecule has 7 nitrogen and oxygen atoms in total. The SMILES string of the molecule is COc1ccc(C2=NOC3(CC(=O)N(c4ccccc4)C3=O)C2)c(OC)c1. The second kappa shape index (κ2) is 6.42. The number of nitrogens with zero attached hydrogens (tertiary/aromatic N) is 2. The molecule has 0 saturated carbocycles. The molecule has 1 spiro atoms. The van der Waals surface area contributed by atoms with Gasteiger partial charge in [-0.1, -0.05) is 23.4 Å². The molecule has 1 fully saturated rings. The monoisotopic (exact) mass is 366 g/mol. The third kappa shape index (κ3) is 2.71. The highest BCUT2D eigenvalue weighted by Crippen LogP contribution is 2.40. The summed E-state index contributed by atoms with van der Waals surface area (Å²) in [4.78, 5) is 32.3. The number of benzene rings is 2. The van der Waals surface area contributed by atoms with Crippen LogP contribution in [0.25, 0.3) is 0 Å². The lowest BCUT2D eigenvalue weighted by atomic mass is 9.92. The Bertz CT molecular complexity index is 941. The van der Waals surface area contributed by atoms with Gasteiger partial charge in [-0.05, 0) is 24.3 Å². The van der Waals surface area contributed by atoms with Crippen LogP contribution in [0.3, 0.4) is 0 Å². The standard InChI is InChI=1S/C20H18N2O5/c1-25-14-8-9-15(17(10-14)26-2)16-11-20(27-21-16)12-18(23)22(19(20)24)13-6-4-3-5-7-13/h3-10H,11-12H2,1-2H3. The molecule has 1 atom stereocenters. The summed E-state index contributed by atoms with van der Waals surface area (Å²) in [5.41, 5.74) is 0.496. The molecular formula is C20H18N2O5. The average Bonchev–Trinajstić information content (AvgIpc) is 3.23. The Morgan fingerprint density at radius 1 is 1.04 bits per heavy atom. The Kier molecular flexibility index (Phi) is 4.07. The van der Waals surface area contributed by atoms with Crippen molar-refractivity contribution in [2.75, 3.05) is 19.1 Å². The predicted octanol–water partition coefficient (Wildman–Crippen LogP) is 2.53. The van der Waals surface area contributed by atoms with E-state index >= 15 is 0 Å². The molecule has 4 rings (SSSR count). The molecule has 138 valence electrons. The molecule has 0 aliphatic carbocycles. The normalized spacial score (nSPS) is 21.4. The van der Waals surface area contributed by atoms with Gasteiger partial charge in [-0.15, -0.1) is 0 Å². The van der Waals surface area contributed by atoms with E-state index in [1.165, 1.54) is 4.90 Å². The van der Waals surface area contributed by atoms with E-state index in [0.29, 0.717) is 28.5 Å². The lowest BCUT2D eigenvalue weighted by molar-refractivity contribution is -0.136. The number of hydrogen-bond acceptors (Lipinski definition) is 6. The number of anilines is 1. The number of ether oxygens (including phenoxy) is 2. The zero-order valence-corrected chi connectivity index (χ0v) is 15.0. The molecule has 27 heavy (non-hydrogen) atoms. The highest BCUT2D eigenvalue weighted by atomic mass is 16.7. The first-order chi connectivity index (χ1) is 13.1. The Morgan fingerprint density at radius 3 is 2.52 bits per heavy atom. The van der Waals surface area contributed by atoms with Crippen LogP contribution < -0.4 is 14.4 Å². The van der Waals surface area contributed by atoms with Gasteiger partial charge in [-0.3, -0.25) is 9.59 Å². The average molecular weight is 366 g/mol. The highest BCUT2D eigenvalue weighted by Gasteiger charge is 2.58. The fraction of sp³-hybridized carbons (Fsp3) is 0.250. The van der Waals surface area contributed by atoms with Crippen LogP contribution in [-0.4, -0.2) is 37.3 Å². The number of carbonyl (C=O) groups excluding carboxylic acids is 2. The van der Waals surface area contributed by atoms with Gasteiger partial charge in [-0.2, -0.15) is 0 Å². The van der Waals surface area contributed by atoms with E-state index in [1.54, 1.807) is 56.7 Å². The summed E-state index contributed by atoms with van der Waals surface area (Å²) >= 11 is 0. The van der Waals surface area contributed by atoms with Crippen LogP contribution in [0.4, 0.5) is 5.69 Å². The summed E-state index contributed by atoms with van der Waals surface area (Å²) < 4.78 is 10.6. The summed E-state index contributed by atoms with van der Waals surface area (Å²) in [6, 6.07) is 14.1. The van der Waals surface area contributed by atoms with Crippen molar-refractivity contribution in [2.24, 2.45) is 5.16 Å². The van der Waals surface area contributed by atoms with Crippen molar-refractivity contribution in [3.8, 4) is 11.5 Å². The fourth-order valence-electron chi connectivity index (χ4n) is 3.42. The van der Waals surface area contributed by atoms with Gasteiger partial charge in [-0.25, -0.2) is 4.90 Å². The molecule has 2 aromatic rings. The third-order valence-electron chi connectivity index (χ3n) is 4.80. The smallest absolute Gasteiger partial charge is 0.281 e. The number of imide groups is 1. The highest BCUT2D eigenvalue weighted by molar-refractivity contribution is 6.26. The van der Waals surface area contributed by atoms with Gasteiger partial charge in [0.25, 0.3) is 5.91 Å². The van der Waals surface area contributed by atoms with Crippen molar-refractivity contribution in [3.63, 3.8) is 0 Å². The van der Waals surface area contributed by atoms with Gasteiger partial charge < -0.3 is 14.3 Å². The number of amides is 2. The molecule has 7 heteroatoms. The molecule has 2 aliphatic heterocycles. The summed E-state index contributed by atoms with van der Waals surface area (Å²) in [7, 11) is 3.12. The minimum atomic E-state index is -1.30. The van der Waals surface area contributed by atoms with Crippen LogP contribution in [0, 0.1) is 0 Å². The van der Waals surface area contributed by atoms with Gasteiger partial charge in [0.1, 0.15) is 11.5 Å². The van der Waals surface area contributed by atoms with Gasteiger partial charge in [0.15, 0.2) is 0 Å². The first-order valence-electron chi connectivity index (χ1n) is 8.48. The maximum absolute atomic E-state index is 13.0. The molecule has 2 amide bonds. The summed E-state index contributed by atoms with van der Waals surface area (Å²) in [6.07, 6.45) is 0.149. The van der Waals surface area contributed by atoms with Crippen molar-refractivity contribution in [2.45, 2.75) is 18.4 Å². The molecule has 1 unspecified atom stereocenters. The third-order valence-corrected chi connectivity index (χ3v) is 4.80. The Balaban J connectivity index is 1.62. The van der Waals surface area contributed by atoms with Gasteiger partial charge >= 0.3 is 0 Å². The van der Waals surface area contributed by atoms with E-state index in [2.05, 4.69) is 5.16 Å². The quantitative estimate of drug-likeness (QED) is 0.777. The molecule has 2 aromatic carbocycles. The number of oxime groups is 1. The minimum Gasteiger partial charge on any atom is -0.497 e. The maximum atomic E-state index is 13.0. The maximum Gasteiger partial charge on any atom is 0.281 e. The van der Waals surface area contributed by atoms with Crippen molar-refractivity contribution in [3.05, 3.63) is 54.1 Å². The largest absolute Gasteiger partial charge is 0.497 e. The summed E-state index contributed by atoms with van der Waals surface area (Å²) in [6.45, 7) is 0. The topological polar surface area (TPSA) is 77.4 Å². The second-order valence-corrected chi connectivity index (χ2v) is 6.41. The first-order valence-corrected chi connectivity index (χ1v) is 8.48. The Morgan fingerprint density at radius 2 is 1.81 bits per heavy atom. The number of carbonyl (C=O) groups is 2. The molecule has 0 radical (unpaired) electrons. The molecule has 0 bridgehead atoms. The number of hydrogen-bond donors (Lipinski definition) is 0. The molecule has 2 aliphatic rings. The van der Waals surface area contributed by atoms with Crippen molar-refractivity contribution in [1.82, 2.24) is 0 Å². The van der Waals surface area contributed by atoms with E-state index in [1.807, 2.05) is 6.07 Å². The second-order valence-electron chi connectivity index (χ2n) is 6.41. The van der Waals surface area contributed by atoms with Gasteiger partial charge in [0.2, 0.25) is 11.5 Å². The van der Waals surface area contributed by atoms with E-state index in [0.717, 1.165) is 0 Å². The fourth-order valence-corrected chi connectivity index (χ4v) is 3.42. The zero-order valence-electron chi connectivity index (χ0n) is 15.0. The number of para-hydroxylation sites is 1. The van der Waals surface area contributed by atoms with Crippen LogP contribution >= 0.6 is 0 Å². The zero-order chi connectivity index (χ0) is 19.0. The van der Waals surface area contributed by atoms with E-state index in [-0.39, 0.29) is 18.7 Å². The summed E-state index contributed by atoms with van der Waals surface area (Å²) in [5, 5.41) is 4.11. The van der Waals surface area contributed by atoms with E-state index in [9.17, 15) is 9.59 Å². The van der Waals surface area contributed by atoms with Crippen LogP contribution in [0.15, 0.2) is 53.7 Å². The first kappa shape index (κ1) is 17.1. The van der Waals surface area contributed by atoms with Crippen LogP contribution in [0.2, 0.25) is 0 Å². The van der Waals surface area contributed by atoms with Crippen LogP contribution in [0.1, 0.15) is 18.4 Å². The lowest BCUT2D eigenvalue weighted by Gasteiger charge is -2.19. The molecular weight excluding hydrogens is 348 g/mol. The van der Waals surface area contributed by atoms with Crippen LogP contribution in [0.5, 0.6) is 11.5 Å². The minimum absolute atomic E-state index is 0.0494. The summed E-state index contributed by atoms with van der Waals surface area (Å²) in [5.74, 6) is 0.506. The van der Waals surface area contributed by atoms with Gasteiger partial charge in [0.05, 0.1) is 32.0 Å². The Hall–Kier alpha value is -3.35. The van der Waals surface area contributed by atoms with Gasteiger partial charge in [0, 0.05) is 18.1 Å².